The predicted octanol–water partition coefficient (Wildman–Crippen LogP) is 0.610. The van der Waals surface area contributed by atoms with Crippen LogP contribution in [0.15, 0.2) is 18.2 Å². The van der Waals surface area contributed by atoms with E-state index >= 15 is 0 Å². The van der Waals surface area contributed by atoms with Crippen molar-refractivity contribution in [3.05, 3.63) is 23.8 Å². The highest BCUT2D eigenvalue weighted by Gasteiger charge is 2.23. The van der Waals surface area contributed by atoms with Crippen LogP contribution in [0.2, 0.25) is 0 Å². The van der Waals surface area contributed by atoms with E-state index in [9.17, 15) is 9.59 Å². The summed E-state index contributed by atoms with van der Waals surface area (Å²) in [7, 11) is 4.90. The van der Waals surface area contributed by atoms with E-state index in [4.69, 9.17) is 14.2 Å². The van der Waals surface area contributed by atoms with E-state index in [1.165, 1.54) is 0 Å². The molecule has 1 saturated heterocycles. The van der Waals surface area contributed by atoms with Crippen molar-refractivity contribution in [3.63, 3.8) is 0 Å². The largest absolute Gasteiger partial charge is 0.493 e. The summed E-state index contributed by atoms with van der Waals surface area (Å²) in [6.45, 7) is 0.972. The summed E-state index contributed by atoms with van der Waals surface area (Å²) < 4.78 is 15.8. The quantitative estimate of drug-likeness (QED) is 0.789. The first-order valence-electron chi connectivity index (χ1n) is 7.86. The number of rotatable bonds is 7. The lowest BCUT2D eigenvalue weighted by Gasteiger charge is -2.29. The number of methoxy groups -OCH3 is 2. The van der Waals surface area contributed by atoms with Crippen LogP contribution in [-0.2, 0) is 20.7 Å². The molecule has 0 spiro atoms. The molecule has 0 radical (unpaired) electrons. The second kappa shape index (κ2) is 8.54. The van der Waals surface area contributed by atoms with Crippen molar-refractivity contribution in [1.29, 1.82) is 0 Å². The Bertz CT molecular complexity index is 590. The predicted molar refractivity (Wildman–Crippen MR) is 88.3 cm³/mol. The van der Waals surface area contributed by atoms with Crippen molar-refractivity contribution in [1.82, 2.24) is 10.2 Å². The molecule has 0 aliphatic carbocycles. The van der Waals surface area contributed by atoms with Crippen molar-refractivity contribution in [2.75, 3.05) is 41.0 Å². The minimum absolute atomic E-state index is 0.0361. The number of amides is 2. The zero-order valence-electron chi connectivity index (χ0n) is 14.3. The van der Waals surface area contributed by atoms with Crippen LogP contribution >= 0.6 is 0 Å². The number of carbonyl (C=O) groups is 2. The molecule has 1 unspecified atom stereocenters. The molecule has 1 aromatic carbocycles. The summed E-state index contributed by atoms with van der Waals surface area (Å²) in [5.74, 6) is 1.23. The molecule has 7 nitrogen and oxygen atoms in total. The Kier molecular flexibility index (Phi) is 6.43. The highest BCUT2D eigenvalue weighted by molar-refractivity contribution is 5.78. The second-order valence-electron chi connectivity index (χ2n) is 5.70. The third kappa shape index (κ3) is 4.86. The standard InChI is InChI=1S/C17H24N2O5/c1-19-10-13(24-11-17(19)21)9-18-16(20)7-5-12-4-6-14(22-2)15(8-12)23-3/h4,6,8,13H,5,7,9-11H2,1-3H3,(H,18,20). The number of hydrogen-bond acceptors (Lipinski definition) is 5. The maximum atomic E-state index is 12.0. The molecule has 132 valence electrons. The molecule has 24 heavy (non-hydrogen) atoms. The number of aryl methyl sites for hydroxylation is 1. The highest BCUT2D eigenvalue weighted by atomic mass is 16.5. The SMILES string of the molecule is COc1ccc(CCC(=O)NCC2CN(C)C(=O)CO2)cc1OC. The van der Waals surface area contributed by atoms with Crippen LogP contribution in [0.25, 0.3) is 0 Å². The van der Waals surface area contributed by atoms with E-state index in [1.807, 2.05) is 18.2 Å². The second-order valence-corrected chi connectivity index (χ2v) is 5.70. The number of nitrogens with zero attached hydrogens (tertiary/aromatic N) is 1. The number of morpholine rings is 1. The van der Waals surface area contributed by atoms with Crippen molar-refractivity contribution in [2.45, 2.75) is 18.9 Å². The summed E-state index contributed by atoms with van der Waals surface area (Å²) in [5.41, 5.74) is 1.00. The van der Waals surface area contributed by atoms with Crippen LogP contribution in [0, 0.1) is 0 Å². The summed E-state index contributed by atoms with van der Waals surface area (Å²) in [6.07, 6.45) is 0.824. The van der Waals surface area contributed by atoms with Gasteiger partial charge in [-0.1, -0.05) is 6.07 Å². The smallest absolute Gasteiger partial charge is 0.248 e. The molecule has 1 heterocycles. The Morgan fingerprint density at radius 1 is 1.33 bits per heavy atom. The first-order valence-corrected chi connectivity index (χ1v) is 7.86. The summed E-state index contributed by atoms with van der Waals surface area (Å²) in [5, 5.41) is 2.85. The van der Waals surface area contributed by atoms with Gasteiger partial charge in [-0.15, -0.1) is 0 Å². The van der Waals surface area contributed by atoms with Gasteiger partial charge in [-0.25, -0.2) is 0 Å². The Balaban J connectivity index is 1.76. The highest BCUT2D eigenvalue weighted by Crippen LogP contribution is 2.27. The van der Waals surface area contributed by atoms with Gasteiger partial charge in [-0.3, -0.25) is 9.59 Å². The van der Waals surface area contributed by atoms with Crippen molar-refractivity contribution in [3.8, 4) is 11.5 Å². The Labute approximate surface area is 141 Å². The fraction of sp³-hybridized carbons (Fsp3) is 0.529. The van der Waals surface area contributed by atoms with Gasteiger partial charge in [0.1, 0.15) is 6.61 Å². The van der Waals surface area contributed by atoms with Crippen LogP contribution in [0.3, 0.4) is 0 Å². The third-order valence-corrected chi connectivity index (χ3v) is 3.96. The van der Waals surface area contributed by atoms with Crippen LogP contribution < -0.4 is 14.8 Å². The minimum atomic E-state index is -0.155. The van der Waals surface area contributed by atoms with E-state index in [-0.39, 0.29) is 24.5 Å². The Morgan fingerprint density at radius 3 is 2.75 bits per heavy atom. The lowest BCUT2D eigenvalue weighted by molar-refractivity contribution is -0.146. The van der Waals surface area contributed by atoms with E-state index in [0.717, 1.165) is 5.56 Å². The molecule has 1 atom stereocenters. The molecule has 0 saturated carbocycles. The molecule has 2 amide bonds. The number of hydrogen-bond donors (Lipinski definition) is 1. The summed E-state index contributed by atoms with van der Waals surface area (Å²) in [6, 6.07) is 5.62. The number of likely N-dealkylation sites (N-methyl/N-ethyl adjacent to an activating group) is 1. The van der Waals surface area contributed by atoms with Crippen LogP contribution in [-0.4, -0.2) is 63.8 Å². The lowest BCUT2D eigenvalue weighted by Crippen LogP contribution is -2.48. The van der Waals surface area contributed by atoms with Crippen molar-refractivity contribution < 1.29 is 23.8 Å². The van der Waals surface area contributed by atoms with Crippen LogP contribution in [0.4, 0.5) is 0 Å². The van der Waals surface area contributed by atoms with Gasteiger partial charge < -0.3 is 24.4 Å². The number of benzene rings is 1. The van der Waals surface area contributed by atoms with Gasteiger partial charge in [0.25, 0.3) is 0 Å². The topological polar surface area (TPSA) is 77.1 Å². The third-order valence-electron chi connectivity index (χ3n) is 3.96. The fourth-order valence-electron chi connectivity index (χ4n) is 2.49. The molecular weight excluding hydrogens is 312 g/mol. The van der Waals surface area contributed by atoms with Gasteiger partial charge in [0.15, 0.2) is 11.5 Å². The molecule has 0 aromatic heterocycles. The van der Waals surface area contributed by atoms with Gasteiger partial charge in [0.05, 0.1) is 20.3 Å². The van der Waals surface area contributed by atoms with Crippen LogP contribution in [0.5, 0.6) is 11.5 Å². The van der Waals surface area contributed by atoms with E-state index in [2.05, 4.69) is 5.32 Å². The Morgan fingerprint density at radius 2 is 2.08 bits per heavy atom. The molecule has 1 N–H and O–H groups in total. The Hall–Kier alpha value is -2.28. The average molecular weight is 336 g/mol. The first kappa shape index (κ1) is 18.1. The van der Waals surface area contributed by atoms with Gasteiger partial charge in [0, 0.05) is 26.6 Å². The number of carbonyl (C=O) groups excluding carboxylic acids is 2. The molecule has 7 heteroatoms. The monoisotopic (exact) mass is 336 g/mol. The maximum absolute atomic E-state index is 12.0. The van der Waals surface area contributed by atoms with E-state index < -0.39 is 0 Å². The first-order chi connectivity index (χ1) is 11.5. The van der Waals surface area contributed by atoms with Gasteiger partial charge >= 0.3 is 0 Å². The summed E-state index contributed by atoms with van der Waals surface area (Å²) in [4.78, 5) is 24.9. The zero-order valence-corrected chi connectivity index (χ0v) is 14.3. The van der Waals surface area contributed by atoms with Gasteiger partial charge in [-0.05, 0) is 24.1 Å². The number of ether oxygens (including phenoxy) is 3. The van der Waals surface area contributed by atoms with Crippen molar-refractivity contribution in [2.24, 2.45) is 0 Å². The lowest BCUT2D eigenvalue weighted by atomic mass is 10.1. The van der Waals surface area contributed by atoms with Gasteiger partial charge in [0.2, 0.25) is 11.8 Å². The van der Waals surface area contributed by atoms with Gasteiger partial charge in [-0.2, -0.15) is 0 Å². The molecule has 2 rings (SSSR count). The average Bonchev–Trinajstić information content (AvgIpc) is 2.60. The van der Waals surface area contributed by atoms with E-state index in [1.54, 1.807) is 26.2 Å². The van der Waals surface area contributed by atoms with Crippen molar-refractivity contribution >= 4 is 11.8 Å². The van der Waals surface area contributed by atoms with Crippen LogP contribution in [0.1, 0.15) is 12.0 Å². The molecule has 1 aliphatic heterocycles. The minimum Gasteiger partial charge on any atom is -0.493 e. The number of nitrogens with one attached hydrogen (secondary N) is 1. The molecular formula is C17H24N2O5. The summed E-state index contributed by atoms with van der Waals surface area (Å²) >= 11 is 0. The maximum Gasteiger partial charge on any atom is 0.248 e. The molecule has 1 fully saturated rings. The molecule has 0 bridgehead atoms. The molecule has 1 aromatic rings. The zero-order chi connectivity index (χ0) is 17.5. The van der Waals surface area contributed by atoms with E-state index in [0.29, 0.717) is 37.4 Å². The normalized spacial score (nSPS) is 17.5. The molecule has 1 aliphatic rings. The fourth-order valence-corrected chi connectivity index (χ4v) is 2.49.